The molecule has 0 saturated heterocycles. The molecule has 0 aliphatic carbocycles. The second kappa shape index (κ2) is 9.97. The lowest BCUT2D eigenvalue weighted by molar-refractivity contribution is -0.117. The Morgan fingerprint density at radius 3 is 2.60 bits per heavy atom. The molecule has 3 nitrogen and oxygen atoms in total. The number of rotatable bonds is 8. The maximum Gasteiger partial charge on any atom is 0.231 e. The zero-order valence-corrected chi connectivity index (χ0v) is 18.9. The number of nitrogens with zero attached hydrogens (tertiary/aromatic N) is 1. The Hall–Kier alpha value is -2.55. The van der Waals surface area contributed by atoms with E-state index in [-0.39, 0.29) is 5.91 Å². The molecule has 0 aromatic heterocycles. The molecule has 1 N–H and O–H groups in total. The van der Waals surface area contributed by atoms with Gasteiger partial charge in [-0.1, -0.05) is 70.5 Å². The van der Waals surface area contributed by atoms with E-state index in [1.165, 1.54) is 11.1 Å². The van der Waals surface area contributed by atoms with E-state index in [2.05, 4.69) is 52.0 Å². The minimum absolute atomic E-state index is 0.106. The maximum absolute atomic E-state index is 13.3. The second-order valence-electron chi connectivity index (χ2n) is 8.24. The Labute approximate surface area is 181 Å². The van der Waals surface area contributed by atoms with Crippen molar-refractivity contribution in [1.82, 2.24) is 0 Å². The van der Waals surface area contributed by atoms with Crippen LogP contribution >= 0.6 is 0 Å². The van der Waals surface area contributed by atoms with Crippen LogP contribution in [0.25, 0.3) is 6.08 Å². The Morgan fingerprint density at radius 2 is 1.93 bits per heavy atom. The van der Waals surface area contributed by atoms with Crippen LogP contribution < -0.4 is 4.90 Å². The lowest BCUT2D eigenvalue weighted by Crippen LogP contribution is -2.31. The summed E-state index contributed by atoms with van der Waals surface area (Å²) >= 11 is 0. The molecule has 1 atom stereocenters. The summed E-state index contributed by atoms with van der Waals surface area (Å²) in [5.74, 6) is 0.708. The number of aryl methyl sites for hydroxylation is 1. The molecule has 30 heavy (non-hydrogen) atoms. The van der Waals surface area contributed by atoms with Gasteiger partial charge in [-0.25, -0.2) is 0 Å². The number of benzene rings is 2. The van der Waals surface area contributed by atoms with Crippen molar-refractivity contribution in [3.63, 3.8) is 0 Å². The van der Waals surface area contributed by atoms with Gasteiger partial charge in [-0.3, -0.25) is 4.79 Å². The van der Waals surface area contributed by atoms with Crippen LogP contribution in [0.2, 0.25) is 0 Å². The fourth-order valence-electron chi connectivity index (χ4n) is 4.62. The molecule has 1 aliphatic rings. The van der Waals surface area contributed by atoms with E-state index in [0.29, 0.717) is 24.6 Å². The molecule has 2 aromatic carbocycles. The van der Waals surface area contributed by atoms with Crippen LogP contribution in [0.1, 0.15) is 80.7 Å². The first-order chi connectivity index (χ1) is 14.5. The van der Waals surface area contributed by atoms with Gasteiger partial charge in [-0.05, 0) is 47.9 Å². The van der Waals surface area contributed by atoms with Crippen molar-refractivity contribution in [1.29, 1.82) is 0 Å². The topological polar surface area (TPSA) is 40.5 Å². The minimum atomic E-state index is 0.106. The van der Waals surface area contributed by atoms with Gasteiger partial charge in [0.15, 0.2) is 0 Å². The summed E-state index contributed by atoms with van der Waals surface area (Å²) in [6, 6.07) is 10.2. The van der Waals surface area contributed by atoms with Gasteiger partial charge in [-0.15, -0.1) is 0 Å². The van der Waals surface area contributed by atoms with Gasteiger partial charge < -0.3 is 10.0 Å². The number of phenolic OH excluding ortho intramolecular Hbond substituents is 1. The van der Waals surface area contributed by atoms with Crippen molar-refractivity contribution in [3.05, 3.63) is 64.2 Å². The standard InChI is InChI=1S/C27H35NO2/c1-5-9-14-23-22(8-4)25(29)17-24-27(23)21(7-3)18-28(24)26(30)16-20-13-10-12-19(15-20)11-6-2/h9-10,12-15,17,21,29H,5-8,11,16,18H2,1-4H3/b14-9-/t21-/m1/s1. The highest BCUT2D eigenvalue weighted by molar-refractivity contribution is 5.98. The number of hydrogen-bond donors (Lipinski definition) is 1. The molecule has 0 radical (unpaired) electrons. The highest BCUT2D eigenvalue weighted by Crippen LogP contribution is 2.45. The molecule has 0 unspecified atom stereocenters. The number of amides is 1. The first kappa shape index (κ1) is 22.1. The number of fused-ring (bicyclic) bond motifs is 1. The lowest BCUT2D eigenvalue weighted by atomic mass is 9.89. The highest BCUT2D eigenvalue weighted by atomic mass is 16.3. The number of anilines is 1. The lowest BCUT2D eigenvalue weighted by Gasteiger charge is -2.20. The monoisotopic (exact) mass is 405 g/mol. The van der Waals surface area contributed by atoms with Crippen molar-refractivity contribution >= 4 is 17.7 Å². The second-order valence-corrected chi connectivity index (χ2v) is 8.24. The summed E-state index contributed by atoms with van der Waals surface area (Å²) in [5, 5.41) is 10.7. The molecule has 0 spiro atoms. The summed E-state index contributed by atoms with van der Waals surface area (Å²) in [6.07, 6.45) is 9.51. The van der Waals surface area contributed by atoms with Gasteiger partial charge >= 0.3 is 0 Å². The average Bonchev–Trinajstić information content (AvgIpc) is 3.10. The van der Waals surface area contributed by atoms with Crippen LogP contribution in [-0.2, 0) is 24.1 Å². The van der Waals surface area contributed by atoms with E-state index < -0.39 is 0 Å². The molecule has 0 saturated carbocycles. The van der Waals surface area contributed by atoms with Crippen molar-refractivity contribution in [2.75, 3.05) is 11.4 Å². The third-order valence-corrected chi connectivity index (χ3v) is 6.13. The Kier molecular flexibility index (Phi) is 7.36. The SMILES string of the molecule is CC/C=C\c1c(CC)c(O)cc2c1[C@H](CC)CN2C(=O)Cc1cccc(CCC)c1. The predicted octanol–water partition coefficient (Wildman–Crippen LogP) is 6.41. The molecule has 3 heteroatoms. The normalized spacial score (nSPS) is 15.7. The van der Waals surface area contributed by atoms with Crippen molar-refractivity contribution < 1.29 is 9.90 Å². The van der Waals surface area contributed by atoms with Gasteiger partial charge in [0.1, 0.15) is 5.75 Å². The number of hydrogen-bond acceptors (Lipinski definition) is 2. The molecule has 0 fully saturated rings. The predicted molar refractivity (Wildman–Crippen MR) is 126 cm³/mol. The summed E-state index contributed by atoms with van der Waals surface area (Å²) in [5.41, 5.74) is 6.56. The van der Waals surface area contributed by atoms with Gasteiger partial charge in [0, 0.05) is 24.1 Å². The maximum atomic E-state index is 13.3. The number of carbonyl (C=O) groups excluding carboxylic acids is 1. The van der Waals surface area contributed by atoms with Crippen molar-refractivity contribution in [2.24, 2.45) is 0 Å². The van der Waals surface area contributed by atoms with Crippen LogP contribution in [-0.4, -0.2) is 17.6 Å². The first-order valence-corrected chi connectivity index (χ1v) is 11.5. The average molecular weight is 406 g/mol. The number of phenols is 1. The zero-order chi connectivity index (χ0) is 21.7. The van der Waals surface area contributed by atoms with Crippen molar-refractivity contribution in [2.45, 2.75) is 72.1 Å². The van der Waals surface area contributed by atoms with Gasteiger partial charge in [-0.2, -0.15) is 0 Å². The number of carbonyl (C=O) groups is 1. The Bertz CT molecular complexity index is 929. The molecule has 0 bridgehead atoms. The van der Waals surface area contributed by atoms with Crippen LogP contribution in [0.5, 0.6) is 5.75 Å². The summed E-state index contributed by atoms with van der Waals surface area (Å²) < 4.78 is 0. The Balaban J connectivity index is 1.98. The van der Waals surface area contributed by atoms with E-state index in [4.69, 9.17) is 0 Å². The quantitative estimate of drug-likeness (QED) is 0.551. The molecular weight excluding hydrogens is 370 g/mol. The first-order valence-electron chi connectivity index (χ1n) is 11.5. The van der Waals surface area contributed by atoms with Gasteiger partial charge in [0.2, 0.25) is 5.91 Å². The molecule has 2 aromatic rings. The zero-order valence-electron chi connectivity index (χ0n) is 18.9. The molecule has 1 amide bonds. The van der Waals surface area contributed by atoms with Crippen LogP contribution in [0.15, 0.2) is 36.4 Å². The fourth-order valence-corrected chi connectivity index (χ4v) is 4.62. The van der Waals surface area contributed by atoms with E-state index in [9.17, 15) is 9.90 Å². The van der Waals surface area contributed by atoms with E-state index >= 15 is 0 Å². The fraction of sp³-hybridized carbons (Fsp3) is 0.444. The summed E-state index contributed by atoms with van der Waals surface area (Å²) in [6.45, 7) is 9.24. The minimum Gasteiger partial charge on any atom is -0.508 e. The summed E-state index contributed by atoms with van der Waals surface area (Å²) in [4.78, 5) is 15.2. The number of allylic oxidation sites excluding steroid dienone is 1. The molecular formula is C27H35NO2. The summed E-state index contributed by atoms with van der Waals surface area (Å²) in [7, 11) is 0. The van der Waals surface area contributed by atoms with E-state index in [1.54, 1.807) is 0 Å². The van der Waals surface area contributed by atoms with Gasteiger partial charge in [0.05, 0.1) is 12.1 Å². The highest BCUT2D eigenvalue weighted by Gasteiger charge is 2.34. The molecule has 3 rings (SSSR count). The molecule has 160 valence electrons. The van der Waals surface area contributed by atoms with E-state index in [1.807, 2.05) is 23.1 Å². The van der Waals surface area contributed by atoms with Crippen molar-refractivity contribution in [3.8, 4) is 5.75 Å². The molecule has 1 aliphatic heterocycles. The third-order valence-electron chi connectivity index (χ3n) is 6.13. The Morgan fingerprint density at radius 1 is 1.17 bits per heavy atom. The molecule has 1 heterocycles. The van der Waals surface area contributed by atoms with Crippen LogP contribution in [0.4, 0.5) is 5.69 Å². The largest absolute Gasteiger partial charge is 0.508 e. The van der Waals surface area contributed by atoms with Crippen LogP contribution in [0, 0.1) is 0 Å². The van der Waals surface area contributed by atoms with Crippen LogP contribution in [0.3, 0.4) is 0 Å². The third kappa shape index (κ3) is 4.45. The number of aromatic hydroxyl groups is 1. The van der Waals surface area contributed by atoms with Gasteiger partial charge in [0.25, 0.3) is 0 Å². The smallest absolute Gasteiger partial charge is 0.231 e. The van der Waals surface area contributed by atoms with E-state index in [0.717, 1.165) is 54.5 Å².